The van der Waals surface area contributed by atoms with Crippen molar-refractivity contribution in [1.82, 2.24) is 0 Å². The van der Waals surface area contributed by atoms with Gasteiger partial charge >= 0.3 is 0 Å². The molecule has 0 aliphatic rings. The van der Waals surface area contributed by atoms with Crippen molar-refractivity contribution >= 4 is 22.0 Å². The molecule has 0 saturated heterocycles. The van der Waals surface area contributed by atoms with Crippen molar-refractivity contribution in [2.45, 2.75) is 27.3 Å². The molecule has 1 rings (SSSR count). The van der Waals surface area contributed by atoms with E-state index in [1.807, 2.05) is 20.8 Å². The van der Waals surface area contributed by atoms with Gasteiger partial charge in [-0.25, -0.2) is 9.79 Å². The number of isocyanates is 1. The Morgan fingerprint density at radius 3 is 2.38 bits per heavy atom. The molecule has 4 heteroatoms. The van der Waals surface area contributed by atoms with Gasteiger partial charge in [-0.2, -0.15) is 0 Å². The number of carbonyl (C=O) groups excluding carboxylic acids is 1. The van der Waals surface area contributed by atoms with E-state index in [4.69, 9.17) is 4.74 Å². The zero-order valence-electron chi connectivity index (χ0n) is 9.85. The van der Waals surface area contributed by atoms with Gasteiger partial charge < -0.3 is 4.74 Å². The van der Waals surface area contributed by atoms with Crippen LogP contribution in [0.2, 0.25) is 0 Å². The van der Waals surface area contributed by atoms with Crippen LogP contribution in [0.1, 0.15) is 22.3 Å². The third-order valence-electron chi connectivity index (χ3n) is 2.79. The van der Waals surface area contributed by atoms with E-state index >= 15 is 0 Å². The lowest BCUT2D eigenvalue weighted by molar-refractivity contribution is 0.405. The molecule has 0 fully saturated rings. The normalized spacial score (nSPS) is 9.81. The second kappa shape index (κ2) is 5.28. The molecule has 0 amide bonds. The maximum absolute atomic E-state index is 10.2. The SMILES string of the molecule is COc1c(C)c(C)c(Br)c(C)c1CN=C=O. The minimum Gasteiger partial charge on any atom is -0.496 e. The molecule has 0 bridgehead atoms. The number of nitrogens with zero attached hydrogens (tertiary/aromatic N) is 1. The molecule has 0 N–H and O–H groups in total. The summed E-state index contributed by atoms with van der Waals surface area (Å²) < 4.78 is 6.42. The highest BCUT2D eigenvalue weighted by atomic mass is 79.9. The lowest BCUT2D eigenvalue weighted by Gasteiger charge is -2.17. The number of rotatable bonds is 3. The van der Waals surface area contributed by atoms with Gasteiger partial charge in [0, 0.05) is 10.0 Å². The van der Waals surface area contributed by atoms with Gasteiger partial charge in [0.05, 0.1) is 13.7 Å². The van der Waals surface area contributed by atoms with Gasteiger partial charge in [0.15, 0.2) is 0 Å². The fourth-order valence-corrected chi connectivity index (χ4v) is 2.26. The minimum atomic E-state index is 0.304. The van der Waals surface area contributed by atoms with Crippen molar-refractivity contribution in [1.29, 1.82) is 0 Å². The van der Waals surface area contributed by atoms with E-state index < -0.39 is 0 Å². The van der Waals surface area contributed by atoms with Crippen LogP contribution >= 0.6 is 15.9 Å². The summed E-state index contributed by atoms with van der Waals surface area (Å²) in [5.41, 5.74) is 4.20. The Balaban J connectivity index is 3.50. The molecule has 3 nitrogen and oxygen atoms in total. The Kier molecular flexibility index (Phi) is 4.27. The van der Waals surface area contributed by atoms with E-state index in [-0.39, 0.29) is 0 Å². The van der Waals surface area contributed by atoms with Crippen molar-refractivity contribution in [3.63, 3.8) is 0 Å². The maximum atomic E-state index is 10.2. The highest BCUT2D eigenvalue weighted by molar-refractivity contribution is 9.10. The van der Waals surface area contributed by atoms with Crippen LogP contribution in [-0.2, 0) is 11.3 Å². The van der Waals surface area contributed by atoms with Gasteiger partial charge in [-0.05, 0) is 37.5 Å². The van der Waals surface area contributed by atoms with Crippen molar-refractivity contribution in [2.75, 3.05) is 7.11 Å². The van der Waals surface area contributed by atoms with E-state index in [0.29, 0.717) is 6.54 Å². The smallest absolute Gasteiger partial charge is 0.235 e. The Hall–Kier alpha value is -1.12. The van der Waals surface area contributed by atoms with Gasteiger partial charge in [-0.15, -0.1) is 0 Å². The summed E-state index contributed by atoms with van der Waals surface area (Å²) in [5.74, 6) is 0.803. The monoisotopic (exact) mass is 283 g/mol. The minimum absolute atomic E-state index is 0.304. The Morgan fingerprint density at radius 1 is 1.25 bits per heavy atom. The van der Waals surface area contributed by atoms with Crippen LogP contribution in [0.25, 0.3) is 0 Å². The third kappa shape index (κ3) is 2.18. The largest absolute Gasteiger partial charge is 0.496 e. The first kappa shape index (κ1) is 12.9. The van der Waals surface area contributed by atoms with Crippen molar-refractivity contribution < 1.29 is 9.53 Å². The Morgan fingerprint density at radius 2 is 1.88 bits per heavy atom. The van der Waals surface area contributed by atoms with E-state index in [1.54, 1.807) is 13.2 Å². The second-order valence-electron chi connectivity index (χ2n) is 3.61. The quantitative estimate of drug-likeness (QED) is 0.631. The third-order valence-corrected chi connectivity index (χ3v) is 3.98. The molecule has 0 aliphatic heterocycles. The molecule has 0 aromatic heterocycles. The molecule has 86 valence electrons. The molecule has 0 atom stereocenters. The summed E-state index contributed by atoms with van der Waals surface area (Å²) in [6.45, 7) is 6.31. The number of halogens is 1. The number of methoxy groups -OCH3 is 1. The summed E-state index contributed by atoms with van der Waals surface area (Å²) in [5, 5.41) is 0. The van der Waals surface area contributed by atoms with Gasteiger partial charge in [0.2, 0.25) is 6.08 Å². The van der Waals surface area contributed by atoms with Crippen LogP contribution in [0, 0.1) is 20.8 Å². The first-order chi connectivity index (χ1) is 7.54. The molecule has 0 spiro atoms. The predicted octanol–water partition coefficient (Wildman–Crippen LogP) is 3.22. The van der Waals surface area contributed by atoms with Crippen molar-refractivity contribution in [2.24, 2.45) is 4.99 Å². The topological polar surface area (TPSA) is 38.7 Å². The standard InChI is InChI=1S/C12H14BrNO2/c1-7-8(2)12(16-4)10(5-14-6-15)9(3)11(7)13/h5H2,1-4H3. The lowest BCUT2D eigenvalue weighted by Crippen LogP contribution is -2.01. The maximum Gasteiger partial charge on any atom is 0.235 e. The summed E-state index contributed by atoms with van der Waals surface area (Å²) in [7, 11) is 1.63. The summed E-state index contributed by atoms with van der Waals surface area (Å²) in [4.78, 5) is 13.8. The van der Waals surface area contributed by atoms with Gasteiger partial charge in [0.25, 0.3) is 0 Å². The van der Waals surface area contributed by atoms with Gasteiger partial charge in [-0.3, -0.25) is 0 Å². The molecule has 0 heterocycles. The van der Waals surface area contributed by atoms with E-state index in [9.17, 15) is 4.79 Å². The summed E-state index contributed by atoms with van der Waals surface area (Å²) >= 11 is 3.54. The van der Waals surface area contributed by atoms with Crippen LogP contribution in [0.4, 0.5) is 0 Å². The fraction of sp³-hybridized carbons (Fsp3) is 0.417. The van der Waals surface area contributed by atoms with Crippen LogP contribution < -0.4 is 4.74 Å². The van der Waals surface area contributed by atoms with E-state index in [1.165, 1.54) is 0 Å². The average molecular weight is 284 g/mol. The number of aliphatic imine (C=N–C) groups is 1. The van der Waals surface area contributed by atoms with E-state index in [2.05, 4.69) is 20.9 Å². The molecule has 0 radical (unpaired) electrons. The molecule has 16 heavy (non-hydrogen) atoms. The summed E-state index contributed by atoms with van der Waals surface area (Å²) in [6.07, 6.45) is 1.55. The molecule has 1 aromatic rings. The van der Waals surface area contributed by atoms with Crippen LogP contribution in [0.3, 0.4) is 0 Å². The zero-order valence-corrected chi connectivity index (χ0v) is 11.4. The fourth-order valence-electron chi connectivity index (χ4n) is 1.72. The number of benzene rings is 1. The predicted molar refractivity (Wildman–Crippen MR) is 66.7 cm³/mol. The molecule has 0 unspecified atom stereocenters. The number of ether oxygens (including phenoxy) is 1. The first-order valence-corrected chi connectivity index (χ1v) is 5.69. The molecule has 0 aliphatic carbocycles. The molecular weight excluding hydrogens is 270 g/mol. The number of hydrogen-bond acceptors (Lipinski definition) is 3. The van der Waals surface area contributed by atoms with Crippen molar-refractivity contribution in [3.8, 4) is 5.75 Å². The highest BCUT2D eigenvalue weighted by Gasteiger charge is 2.15. The zero-order chi connectivity index (χ0) is 12.3. The van der Waals surface area contributed by atoms with Gasteiger partial charge in [-0.1, -0.05) is 15.9 Å². The number of hydrogen-bond donors (Lipinski definition) is 0. The Bertz CT molecular complexity index is 463. The molecule has 0 saturated carbocycles. The van der Waals surface area contributed by atoms with Crippen LogP contribution in [-0.4, -0.2) is 13.2 Å². The van der Waals surface area contributed by atoms with Gasteiger partial charge in [0.1, 0.15) is 5.75 Å². The Labute approximate surface area is 104 Å². The van der Waals surface area contributed by atoms with Crippen LogP contribution in [0.15, 0.2) is 9.47 Å². The second-order valence-corrected chi connectivity index (χ2v) is 4.40. The summed E-state index contributed by atoms with van der Waals surface area (Å²) in [6, 6.07) is 0. The van der Waals surface area contributed by atoms with Crippen molar-refractivity contribution in [3.05, 3.63) is 26.7 Å². The lowest BCUT2D eigenvalue weighted by atomic mass is 9.99. The van der Waals surface area contributed by atoms with Crippen LogP contribution in [0.5, 0.6) is 5.75 Å². The average Bonchev–Trinajstić information content (AvgIpc) is 2.29. The molecular formula is C12H14BrNO2. The molecule has 1 aromatic carbocycles. The van der Waals surface area contributed by atoms with E-state index in [0.717, 1.165) is 32.5 Å². The first-order valence-electron chi connectivity index (χ1n) is 4.90. The highest BCUT2D eigenvalue weighted by Crippen LogP contribution is 2.36.